The van der Waals surface area contributed by atoms with Gasteiger partial charge in [-0.25, -0.2) is 4.79 Å². The molecule has 120 valence electrons. The van der Waals surface area contributed by atoms with Crippen LogP contribution in [-0.2, 0) is 5.41 Å². The van der Waals surface area contributed by atoms with Gasteiger partial charge in [0.1, 0.15) is 0 Å². The molecule has 2 aromatic rings. The smallest absolute Gasteiger partial charge is 0.314 e. The summed E-state index contributed by atoms with van der Waals surface area (Å²) in [5.74, 6) is 0.876. The lowest BCUT2D eigenvalue weighted by molar-refractivity contribution is 0.240. The quantitative estimate of drug-likeness (QED) is 0.600. The van der Waals surface area contributed by atoms with Gasteiger partial charge in [0.25, 0.3) is 0 Å². The molecule has 1 aliphatic rings. The molecule has 0 aromatic heterocycles. The highest BCUT2D eigenvalue weighted by molar-refractivity contribution is 7.99. The van der Waals surface area contributed by atoms with Gasteiger partial charge in [0.2, 0.25) is 0 Å². The molecular weight excluding hydrogens is 304 g/mol. The average molecular weight is 326 g/mol. The largest absolute Gasteiger partial charge is 0.337 e. The van der Waals surface area contributed by atoms with Crippen LogP contribution in [0.25, 0.3) is 0 Å². The van der Waals surface area contributed by atoms with Crippen molar-refractivity contribution in [1.29, 1.82) is 0 Å². The molecule has 0 atom stereocenters. The predicted molar refractivity (Wildman–Crippen MR) is 95.9 cm³/mol. The summed E-state index contributed by atoms with van der Waals surface area (Å²) in [4.78, 5) is 13.2. The zero-order valence-electron chi connectivity index (χ0n) is 13.1. The van der Waals surface area contributed by atoms with Gasteiger partial charge in [0.15, 0.2) is 0 Å². The van der Waals surface area contributed by atoms with Crippen LogP contribution in [0.5, 0.6) is 0 Å². The van der Waals surface area contributed by atoms with Gasteiger partial charge in [-0.05, 0) is 30.5 Å². The summed E-state index contributed by atoms with van der Waals surface area (Å²) in [6, 6.07) is 20.6. The number of rotatable bonds is 7. The number of thioether (sulfide) groups is 1. The second-order valence-corrected chi connectivity index (χ2v) is 7.09. The molecule has 2 amide bonds. The van der Waals surface area contributed by atoms with Crippen LogP contribution in [-0.4, -0.2) is 24.9 Å². The Labute approximate surface area is 141 Å². The van der Waals surface area contributed by atoms with Crippen LogP contribution in [0.1, 0.15) is 18.4 Å². The first-order valence-corrected chi connectivity index (χ1v) is 9.02. The monoisotopic (exact) mass is 326 g/mol. The van der Waals surface area contributed by atoms with E-state index in [2.05, 4.69) is 47.0 Å². The minimum Gasteiger partial charge on any atom is -0.337 e. The van der Waals surface area contributed by atoms with Gasteiger partial charge in [-0.2, -0.15) is 0 Å². The van der Waals surface area contributed by atoms with Gasteiger partial charge >= 0.3 is 6.03 Å². The summed E-state index contributed by atoms with van der Waals surface area (Å²) in [5, 5.41) is 5.96. The summed E-state index contributed by atoms with van der Waals surface area (Å²) in [7, 11) is 0. The van der Waals surface area contributed by atoms with Crippen molar-refractivity contribution in [2.75, 3.05) is 18.8 Å². The first-order valence-electron chi connectivity index (χ1n) is 8.04. The zero-order chi connectivity index (χ0) is 16.0. The Kier molecular flexibility index (Phi) is 5.23. The second kappa shape index (κ2) is 7.55. The highest BCUT2D eigenvalue weighted by Gasteiger charge is 2.44. The normalized spacial score (nSPS) is 15.0. The number of hydrogen-bond acceptors (Lipinski definition) is 2. The van der Waals surface area contributed by atoms with Crippen molar-refractivity contribution < 1.29 is 4.79 Å². The average Bonchev–Trinajstić information content (AvgIpc) is 3.40. The highest BCUT2D eigenvalue weighted by Crippen LogP contribution is 2.47. The van der Waals surface area contributed by atoms with E-state index in [0.29, 0.717) is 13.1 Å². The molecule has 0 saturated heterocycles. The molecule has 3 rings (SSSR count). The van der Waals surface area contributed by atoms with Crippen LogP contribution in [0, 0.1) is 0 Å². The Balaban J connectivity index is 1.36. The standard InChI is InChI=1S/C19H22N2OS/c22-18(20-13-14-23-17-9-5-2-6-10-17)21-15-19(11-12-19)16-7-3-1-4-8-16/h1-10H,11-15H2,(H2,20,21,22). The number of amides is 2. The fourth-order valence-corrected chi connectivity index (χ4v) is 3.46. The molecule has 0 aliphatic heterocycles. The number of nitrogens with one attached hydrogen (secondary N) is 2. The topological polar surface area (TPSA) is 41.1 Å². The van der Waals surface area contributed by atoms with Gasteiger partial charge < -0.3 is 10.6 Å². The van der Waals surface area contributed by atoms with Gasteiger partial charge in [0.05, 0.1) is 0 Å². The van der Waals surface area contributed by atoms with Crippen molar-refractivity contribution in [2.24, 2.45) is 0 Å². The second-order valence-electron chi connectivity index (χ2n) is 5.92. The molecule has 0 spiro atoms. The third-order valence-corrected chi connectivity index (χ3v) is 5.24. The number of carbonyl (C=O) groups excluding carboxylic acids is 1. The van der Waals surface area contributed by atoms with E-state index in [4.69, 9.17) is 0 Å². The van der Waals surface area contributed by atoms with Gasteiger partial charge in [-0.3, -0.25) is 0 Å². The lowest BCUT2D eigenvalue weighted by Crippen LogP contribution is -2.40. The molecule has 2 aromatic carbocycles. The van der Waals surface area contributed by atoms with E-state index in [0.717, 1.165) is 18.6 Å². The molecule has 4 heteroatoms. The predicted octanol–water partition coefficient (Wildman–Crippen LogP) is 3.81. The van der Waals surface area contributed by atoms with Crippen LogP contribution in [0.4, 0.5) is 4.79 Å². The van der Waals surface area contributed by atoms with Crippen molar-refractivity contribution in [3.63, 3.8) is 0 Å². The SMILES string of the molecule is O=C(NCCSc1ccccc1)NCC1(c2ccccc2)CC1. The van der Waals surface area contributed by atoms with Crippen LogP contribution >= 0.6 is 11.8 Å². The number of hydrogen-bond donors (Lipinski definition) is 2. The number of benzene rings is 2. The molecular formula is C19H22N2OS. The maximum absolute atomic E-state index is 11.9. The molecule has 1 fully saturated rings. The van der Waals surface area contributed by atoms with Crippen LogP contribution in [0.15, 0.2) is 65.6 Å². The molecule has 0 bridgehead atoms. The maximum Gasteiger partial charge on any atom is 0.314 e. The van der Waals surface area contributed by atoms with Crippen molar-refractivity contribution in [3.05, 3.63) is 66.2 Å². The van der Waals surface area contributed by atoms with Gasteiger partial charge in [-0.15, -0.1) is 11.8 Å². The third-order valence-electron chi connectivity index (χ3n) is 4.23. The van der Waals surface area contributed by atoms with Crippen LogP contribution < -0.4 is 10.6 Å². The lowest BCUT2D eigenvalue weighted by atomic mass is 9.96. The van der Waals surface area contributed by atoms with Crippen molar-refractivity contribution in [1.82, 2.24) is 10.6 Å². The summed E-state index contributed by atoms with van der Waals surface area (Å²) in [6.45, 7) is 1.39. The fourth-order valence-electron chi connectivity index (χ4n) is 2.67. The minimum absolute atomic E-state index is 0.0686. The van der Waals surface area contributed by atoms with Crippen molar-refractivity contribution in [2.45, 2.75) is 23.2 Å². The Morgan fingerprint density at radius 3 is 2.26 bits per heavy atom. The summed E-state index contributed by atoms with van der Waals surface area (Å²) in [6.07, 6.45) is 2.31. The Morgan fingerprint density at radius 1 is 0.957 bits per heavy atom. The van der Waals surface area contributed by atoms with E-state index >= 15 is 0 Å². The molecule has 0 radical (unpaired) electrons. The Hall–Kier alpha value is -1.94. The summed E-state index contributed by atoms with van der Waals surface area (Å²) >= 11 is 1.75. The van der Waals surface area contributed by atoms with Gasteiger partial charge in [0, 0.05) is 29.2 Å². The van der Waals surface area contributed by atoms with E-state index < -0.39 is 0 Å². The fraction of sp³-hybridized carbons (Fsp3) is 0.316. The molecule has 0 heterocycles. The minimum atomic E-state index is -0.0686. The van der Waals surface area contributed by atoms with E-state index in [1.165, 1.54) is 10.5 Å². The van der Waals surface area contributed by atoms with Crippen molar-refractivity contribution >= 4 is 17.8 Å². The third kappa shape index (κ3) is 4.52. The van der Waals surface area contributed by atoms with Crippen LogP contribution in [0.3, 0.4) is 0 Å². The maximum atomic E-state index is 11.9. The Morgan fingerprint density at radius 2 is 1.61 bits per heavy atom. The van der Waals surface area contributed by atoms with Crippen molar-refractivity contribution in [3.8, 4) is 0 Å². The molecule has 23 heavy (non-hydrogen) atoms. The summed E-state index contributed by atoms with van der Waals surface area (Å²) < 4.78 is 0. The molecule has 1 aliphatic carbocycles. The van der Waals surface area contributed by atoms with Gasteiger partial charge in [-0.1, -0.05) is 48.5 Å². The highest BCUT2D eigenvalue weighted by atomic mass is 32.2. The lowest BCUT2D eigenvalue weighted by Gasteiger charge is -2.17. The molecule has 1 saturated carbocycles. The van der Waals surface area contributed by atoms with E-state index in [9.17, 15) is 4.79 Å². The number of carbonyl (C=O) groups is 1. The Bertz CT molecular complexity index is 626. The van der Waals surface area contributed by atoms with E-state index in [-0.39, 0.29) is 11.4 Å². The molecule has 0 unspecified atom stereocenters. The first kappa shape index (κ1) is 15.9. The first-order chi connectivity index (χ1) is 11.3. The van der Waals surface area contributed by atoms with Crippen LogP contribution in [0.2, 0.25) is 0 Å². The van der Waals surface area contributed by atoms with E-state index in [1.807, 2.05) is 24.3 Å². The molecule has 3 nitrogen and oxygen atoms in total. The number of urea groups is 1. The summed E-state index contributed by atoms with van der Waals surface area (Å²) in [5.41, 5.74) is 1.50. The molecule has 2 N–H and O–H groups in total. The van der Waals surface area contributed by atoms with E-state index in [1.54, 1.807) is 11.8 Å². The zero-order valence-corrected chi connectivity index (χ0v) is 13.9.